The van der Waals surface area contributed by atoms with Gasteiger partial charge < -0.3 is 4.74 Å². The van der Waals surface area contributed by atoms with Crippen molar-refractivity contribution in [2.24, 2.45) is 0 Å². The molecule has 0 aliphatic heterocycles. The van der Waals surface area contributed by atoms with Gasteiger partial charge in [-0.25, -0.2) is 4.98 Å². The van der Waals surface area contributed by atoms with Crippen LogP contribution in [0.5, 0.6) is 5.88 Å². The minimum absolute atomic E-state index is 0.232. The summed E-state index contributed by atoms with van der Waals surface area (Å²) in [6.45, 7) is 6.32. The van der Waals surface area contributed by atoms with Crippen LogP contribution in [0, 0.1) is 20.8 Å². The van der Waals surface area contributed by atoms with E-state index in [1.807, 2.05) is 25.1 Å². The van der Waals surface area contributed by atoms with E-state index >= 15 is 0 Å². The zero-order valence-corrected chi connectivity index (χ0v) is 16.2. The van der Waals surface area contributed by atoms with E-state index in [-0.39, 0.29) is 6.10 Å². The fourth-order valence-electron chi connectivity index (χ4n) is 3.85. The van der Waals surface area contributed by atoms with E-state index in [0.29, 0.717) is 5.92 Å². The van der Waals surface area contributed by atoms with Gasteiger partial charge in [-0.2, -0.15) is 0 Å². The van der Waals surface area contributed by atoms with Gasteiger partial charge in [-0.3, -0.25) is 4.57 Å². The molecule has 1 aliphatic rings. The number of aryl methyl sites for hydroxylation is 3. The minimum atomic E-state index is 0.232. The molecular formula is C22H26N4O. The molecular weight excluding hydrogens is 336 g/mol. The fraction of sp³-hybridized carbons (Fsp3) is 0.409. The zero-order chi connectivity index (χ0) is 18.8. The van der Waals surface area contributed by atoms with Crippen LogP contribution < -0.4 is 4.74 Å². The molecule has 0 N–H and O–H groups in total. The average Bonchev–Trinajstić information content (AvgIpc) is 3.07. The minimum Gasteiger partial charge on any atom is -0.474 e. The summed E-state index contributed by atoms with van der Waals surface area (Å²) in [6, 6.07) is 12.4. The van der Waals surface area contributed by atoms with E-state index in [2.05, 4.69) is 51.8 Å². The molecule has 0 bridgehead atoms. The highest BCUT2D eigenvalue weighted by atomic mass is 16.5. The van der Waals surface area contributed by atoms with Crippen LogP contribution in [0.2, 0.25) is 0 Å². The van der Waals surface area contributed by atoms with Crippen molar-refractivity contribution >= 4 is 0 Å². The van der Waals surface area contributed by atoms with Crippen molar-refractivity contribution in [2.75, 3.05) is 0 Å². The Morgan fingerprint density at radius 2 is 1.74 bits per heavy atom. The number of rotatable bonds is 4. The summed E-state index contributed by atoms with van der Waals surface area (Å²) in [4.78, 5) is 4.27. The first-order valence-electron chi connectivity index (χ1n) is 9.69. The molecule has 0 amide bonds. The molecule has 0 radical (unpaired) electrons. The highest BCUT2D eigenvalue weighted by Gasteiger charge is 2.28. The molecule has 27 heavy (non-hydrogen) atoms. The average molecular weight is 362 g/mol. The van der Waals surface area contributed by atoms with Crippen LogP contribution in [-0.4, -0.2) is 25.9 Å². The lowest BCUT2D eigenvalue weighted by atomic mass is 9.86. The van der Waals surface area contributed by atoms with Crippen molar-refractivity contribution in [1.82, 2.24) is 19.7 Å². The molecule has 0 saturated heterocycles. The van der Waals surface area contributed by atoms with Crippen molar-refractivity contribution in [1.29, 1.82) is 0 Å². The van der Waals surface area contributed by atoms with Crippen LogP contribution in [0.15, 0.2) is 42.6 Å². The molecule has 1 fully saturated rings. The molecule has 3 aromatic rings. The number of hydrogen-bond acceptors (Lipinski definition) is 4. The van der Waals surface area contributed by atoms with Gasteiger partial charge in [-0.1, -0.05) is 12.1 Å². The highest BCUT2D eigenvalue weighted by Crippen LogP contribution is 2.35. The van der Waals surface area contributed by atoms with Crippen molar-refractivity contribution in [3.05, 3.63) is 65.4 Å². The standard InChI is InChI=1S/C22H26N4O/c1-15-7-10-19(14-16(15)2)26-17(3)24-25-22(26)18-8-11-20(12-9-18)27-21-6-4-5-13-23-21/h4-7,10,13-14,18,20H,8-9,11-12H2,1-3H3/t18-,20-. The van der Waals surface area contributed by atoms with Gasteiger partial charge in [0.25, 0.3) is 0 Å². The van der Waals surface area contributed by atoms with Gasteiger partial charge in [0.15, 0.2) is 0 Å². The quantitative estimate of drug-likeness (QED) is 0.675. The highest BCUT2D eigenvalue weighted by molar-refractivity contribution is 5.41. The molecule has 0 unspecified atom stereocenters. The van der Waals surface area contributed by atoms with E-state index in [0.717, 1.165) is 48.9 Å². The molecule has 5 heteroatoms. The van der Waals surface area contributed by atoms with E-state index in [4.69, 9.17) is 4.74 Å². The molecule has 1 saturated carbocycles. The first kappa shape index (κ1) is 17.7. The Bertz CT molecular complexity index is 911. The van der Waals surface area contributed by atoms with Crippen molar-refractivity contribution in [3.8, 4) is 11.6 Å². The predicted molar refractivity (Wildman–Crippen MR) is 105 cm³/mol. The predicted octanol–water partition coefficient (Wildman–Crippen LogP) is 4.69. The first-order valence-corrected chi connectivity index (χ1v) is 9.69. The maximum absolute atomic E-state index is 6.03. The molecule has 5 nitrogen and oxygen atoms in total. The van der Waals surface area contributed by atoms with Gasteiger partial charge in [-0.15, -0.1) is 10.2 Å². The number of nitrogens with zero attached hydrogens (tertiary/aromatic N) is 4. The number of hydrogen-bond donors (Lipinski definition) is 0. The Morgan fingerprint density at radius 3 is 2.44 bits per heavy atom. The van der Waals surface area contributed by atoms with E-state index < -0.39 is 0 Å². The number of benzene rings is 1. The molecule has 1 aromatic carbocycles. The summed E-state index contributed by atoms with van der Waals surface area (Å²) in [6.07, 6.45) is 6.15. The van der Waals surface area contributed by atoms with Gasteiger partial charge in [0, 0.05) is 23.9 Å². The van der Waals surface area contributed by atoms with Crippen LogP contribution in [0.1, 0.15) is 54.4 Å². The number of ether oxygens (including phenoxy) is 1. The van der Waals surface area contributed by atoms with E-state index in [1.165, 1.54) is 11.1 Å². The van der Waals surface area contributed by atoms with Crippen LogP contribution in [0.25, 0.3) is 5.69 Å². The first-order chi connectivity index (χ1) is 13.1. The summed E-state index contributed by atoms with van der Waals surface area (Å²) < 4.78 is 8.25. The second kappa shape index (κ2) is 7.51. The maximum atomic E-state index is 6.03. The third-order valence-electron chi connectivity index (χ3n) is 5.56. The molecule has 2 aromatic heterocycles. The second-order valence-corrected chi connectivity index (χ2v) is 7.47. The molecule has 2 heterocycles. The fourth-order valence-corrected chi connectivity index (χ4v) is 3.85. The van der Waals surface area contributed by atoms with Gasteiger partial charge >= 0.3 is 0 Å². The van der Waals surface area contributed by atoms with Crippen molar-refractivity contribution < 1.29 is 4.74 Å². The van der Waals surface area contributed by atoms with Crippen LogP contribution in [0.3, 0.4) is 0 Å². The Balaban J connectivity index is 1.50. The third-order valence-corrected chi connectivity index (χ3v) is 5.56. The number of pyridine rings is 1. The number of aromatic nitrogens is 4. The van der Waals surface area contributed by atoms with E-state index in [9.17, 15) is 0 Å². The van der Waals surface area contributed by atoms with Gasteiger partial charge in [0.1, 0.15) is 17.8 Å². The van der Waals surface area contributed by atoms with Crippen LogP contribution in [-0.2, 0) is 0 Å². The molecule has 0 atom stereocenters. The smallest absolute Gasteiger partial charge is 0.213 e. The van der Waals surface area contributed by atoms with Gasteiger partial charge in [0.05, 0.1) is 0 Å². The Labute approximate surface area is 160 Å². The maximum Gasteiger partial charge on any atom is 0.213 e. The second-order valence-electron chi connectivity index (χ2n) is 7.47. The van der Waals surface area contributed by atoms with Crippen LogP contribution >= 0.6 is 0 Å². The topological polar surface area (TPSA) is 52.8 Å². The SMILES string of the molecule is Cc1ccc(-n2c(C)nnc2[C@H]2CC[C@H](Oc3ccccn3)CC2)cc1C. The lowest BCUT2D eigenvalue weighted by Gasteiger charge is -2.28. The normalized spacial score (nSPS) is 19.8. The molecule has 4 rings (SSSR count). The summed E-state index contributed by atoms with van der Waals surface area (Å²) in [5.74, 6) is 3.15. The molecule has 0 spiro atoms. The summed E-state index contributed by atoms with van der Waals surface area (Å²) >= 11 is 0. The summed E-state index contributed by atoms with van der Waals surface area (Å²) in [7, 11) is 0. The summed E-state index contributed by atoms with van der Waals surface area (Å²) in [5.41, 5.74) is 3.75. The van der Waals surface area contributed by atoms with Crippen LogP contribution in [0.4, 0.5) is 0 Å². The lowest BCUT2D eigenvalue weighted by molar-refractivity contribution is 0.139. The Hall–Kier alpha value is -2.69. The molecule has 1 aliphatic carbocycles. The Morgan fingerprint density at radius 1 is 0.926 bits per heavy atom. The van der Waals surface area contributed by atoms with Gasteiger partial charge in [0.2, 0.25) is 5.88 Å². The van der Waals surface area contributed by atoms with Crippen molar-refractivity contribution in [2.45, 2.75) is 58.5 Å². The largest absolute Gasteiger partial charge is 0.474 e. The monoisotopic (exact) mass is 362 g/mol. The lowest BCUT2D eigenvalue weighted by Crippen LogP contribution is -2.25. The Kier molecular flexibility index (Phi) is 4.92. The zero-order valence-electron chi connectivity index (χ0n) is 16.2. The summed E-state index contributed by atoms with van der Waals surface area (Å²) in [5, 5.41) is 8.92. The molecule has 140 valence electrons. The van der Waals surface area contributed by atoms with E-state index in [1.54, 1.807) is 6.20 Å². The third kappa shape index (κ3) is 3.72. The van der Waals surface area contributed by atoms with Crippen molar-refractivity contribution in [3.63, 3.8) is 0 Å². The van der Waals surface area contributed by atoms with Gasteiger partial charge in [-0.05, 0) is 75.8 Å².